The number of methoxy groups -OCH3 is 4. The van der Waals surface area contributed by atoms with Crippen LogP contribution in [0.5, 0.6) is 23.0 Å². The smallest absolute Gasteiger partial charge is 0.243 e. The second kappa shape index (κ2) is 8.68. The largest absolute Gasteiger partial charge is 0.497 e. The lowest BCUT2D eigenvalue weighted by atomic mass is 10.2. The van der Waals surface area contributed by atoms with Gasteiger partial charge in [-0.3, -0.25) is 4.79 Å². The molecule has 2 aromatic rings. The van der Waals surface area contributed by atoms with Crippen molar-refractivity contribution in [3.8, 4) is 23.0 Å². The molecule has 0 saturated heterocycles. The fraction of sp³-hybridized carbons (Fsp3) is 0.278. The number of ether oxygens (including phenoxy) is 4. The second-order valence-corrected chi connectivity index (χ2v) is 5.03. The molecule has 2 aromatic carbocycles. The summed E-state index contributed by atoms with van der Waals surface area (Å²) in [5.41, 5.74) is 1.20. The maximum Gasteiger partial charge on any atom is 0.243 e. The van der Waals surface area contributed by atoms with E-state index < -0.39 is 0 Å². The molecule has 0 heterocycles. The molecule has 0 bridgehead atoms. The molecule has 0 radical (unpaired) electrons. The van der Waals surface area contributed by atoms with Gasteiger partial charge in [0, 0.05) is 12.1 Å². The van der Waals surface area contributed by atoms with E-state index in [1.807, 2.05) is 0 Å². The van der Waals surface area contributed by atoms with E-state index in [1.165, 1.54) is 7.11 Å². The number of benzene rings is 2. The highest BCUT2D eigenvalue weighted by atomic mass is 16.5. The molecule has 0 atom stereocenters. The Balaban J connectivity index is 2.06. The van der Waals surface area contributed by atoms with Gasteiger partial charge in [-0.05, 0) is 24.3 Å². The predicted molar refractivity (Wildman–Crippen MR) is 96.2 cm³/mol. The van der Waals surface area contributed by atoms with E-state index in [-0.39, 0.29) is 12.5 Å². The van der Waals surface area contributed by atoms with E-state index in [0.717, 1.165) is 0 Å². The molecule has 25 heavy (non-hydrogen) atoms. The van der Waals surface area contributed by atoms with Crippen LogP contribution in [0.15, 0.2) is 36.4 Å². The van der Waals surface area contributed by atoms with Crippen LogP contribution in [0.2, 0.25) is 0 Å². The van der Waals surface area contributed by atoms with Crippen LogP contribution in [-0.2, 0) is 4.79 Å². The van der Waals surface area contributed by atoms with Crippen LogP contribution >= 0.6 is 0 Å². The first-order chi connectivity index (χ1) is 12.1. The zero-order chi connectivity index (χ0) is 18.2. The van der Waals surface area contributed by atoms with Crippen molar-refractivity contribution in [2.24, 2.45) is 0 Å². The first kappa shape index (κ1) is 18.3. The third-order valence-corrected chi connectivity index (χ3v) is 3.53. The predicted octanol–water partition coefficient (Wildman–Crippen LogP) is 2.77. The Morgan fingerprint density at radius 3 is 1.84 bits per heavy atom. The number of rotatable bonds is 8. The van der Waals surface area contributed by atoms with Crippen molar-refractivity contribution in [1.29, 1.82) is 0 Å². The third-order valence-electron chi connectivity index (χ3n) is 3.53. The molecule has 7 nitrogen and oxygen atoms in total. The number of hydrogen-bond acceptors (Lipinski definition) is 6. The highest BCUT2D eigenvalue weighted by molar-refractivity contribution is 5.95. The molecular formula is C18H22N2O5. The Morgan fingerprint density at radius 2 is 1.32 bits per heavy atom. The van der Waals surface area contributed by atoms with Gasteiger partial charge in [0.2, 0.25) is 5.91 Å². The lowest BCUT2D eigenvalue weighted by molar-refractivity contribution is -0.114. The summed E-state index contributed by atoms with van der Waals surface area (Å²) >= 11 is 0. The fourth-order valence-electron chi connectivity index (χ4n) is 2.23. The van der Waals surface area contributed by atoms with E-state index in [4.69, 9.17) is 18.9 Å². The van der Waals surface area contributed by atoms with E-state index in [1.54, 1.807) is 57.7 Å². The van der Waals surface area contributed by atoms with Gasteiger partial charge < -0.3 is 29.6 Å². The van der Waals surface area contributed by atoms with Gasteiger partial charge >= 0.3 is 0 Å². The van der Waals surface area contributed by atoms with E-state index in [0.29, 0.717) is 34.4 Å². The van der Waals surface area contributed by atoms with Crippen molar-refractivity contribution in [1.82, 2.24) is 0 Å². The SMILES string of the molecule is COc1ccc(OC)c(NCC(=O)Nc2cc(OC)ccc2OC)c1. The Hall–Kier alpha value is -3.09. The standard InChI is InChI=1S/C18H22N2O5/c1-22-12-5-7-16(24-3)14(9-12)19-11-18(21)20-15-10-13(23-2)6-8-17(15)25-4/h5-10,19H,11H2,1-4H3,(H,20,21). The molecule has 134 valence electrons. The van der Waals surface area contributed by atoms with E-state index >= 15 is 0 Å². The molecule has 0 saturated carbocycles. The van der Waals surface area contributed by atoms with Crippen molar-refractivity contribution in [3.63, 3.8) is 0 Å². The lowest BCUT2D eigenvalue weighted by Gasteiger charge is -2.14. The molecule has 0 aliphatic rings. The van der Waals surface area contributed by atoms with Gasteiger partial charge in [-0.25, -0.2) is 0 Å². The van der Waals surface area contributed by atoms with Crippen LogP contribution < -0.4 is 29.6 Å². The van der Waals surface area contributed by atoms with Gasteiger partial charge in [0.25, 0.3) is 0 Å². The van der Waals surface area contributed by atoms with Crippen LogP contribution in [0.25, 0.3) is 0 Å². The maximum atomic E-state index is 12.3. The first-order valence-electron chi connectivity index (χ1n) is 7.59. The summed E-state index contributed by atoms with van der Waals surface area (Å²) in [5.74, 6) is 2.22. The minimum atomic E-state index is -0.239. The van der Waals surface area contributed by atoms with Gasteiger partial charge in [0.1, 0.15) is 23.0 Å². The minimum absolute atomic E-state index is 0.0455. The fourth-order valence-corrected chi connectivity index (χ4v) is 2.23. The van der Waals surface area contributed by atoms with E-state index in [2.05, 4.69) is 10.6 Å². The van der Waals surface area contributed by atoms with Crippen LogP contribution in [0.1, 0.15) is 0 Å². The number of carbonyl (C=O) groups is 1. The van der Waals surface area contributed by atoms with Crippen molar-refractivity contribution < 1.29 is 23.7 Å². The summed E-state index contributed by atoms with van der Waals surface area (Å²) in [6.45, 7) is 0.0455. The van der Waals surface area contributed by atoms with Gasteiger partial charge in [-0.2, -0.15) is 0 Å². The number of carbonyl (C=O) groups excluding carboxylic acids is 1. The molecule has 2 rings (SSSR count). The van der Waals surface area contributed by atoms with Crippen LogP contribution in [-0.4, -0.2) is 40.9 Å². The van der Waals surface area contributed by atoms with Crippen molar-refractivity contribution in [2.45, 2.75) is 0 Å². The average molecular weight is 346 g/mol. The zero-order valence-electron chi connectivity index (χ0n) is 14.7. The summed E-state index contributed by atoms with van der Waals surface area (Å²) < 4.78 is 20.9. The highest BCUT2D eigenvalue weighted by Crippen LogP contribution is 2.30. The third kappa shape index (κ3) is 4.69. The summed E-state index contributed by atoms with van der Waals surface area (Å²) in [6, 6.07) is 10.5. The number of amides is 1. The van der Waals surface area contributed by atoms with Gasteiger partial charge in [0.05, 0.1) is 46.4 Å². The topological polar surface area (TPSA) is 78.1 Å². The van der Waals surface area contributed by atoms with Crippen LogP contribution in [0.3, 0.4) is 0 Å². The van der Waals surface area contributed by atoms with Crippen molar-refractivity contribution in [3.05, 3.63) is 36.4 Å². The maximum absolute atomic E-state index is 12.3. The van der Waals surface area contributed by atoms with E-state index in [9.17, 15) is 4.79 Å². The monoisotopic (exact) mass is 346 g/mol. The highest BCUT2D eigenvalue weighted by Gasteiger charge is 2.11. The summed E-state index contributed by atoms with van der Waals surface area (Å²) in [7, 11) is 6.24. The quantitative estimate of drug-likeness (QED) is 0.765. The van der Waals surface area contributed by atoms with Gasteiger partial charge in [0.15, 0.2) is 0 Å². The summed E-state index contributed by atoms with van der Waals surface area (Å²) in [5, 5.41) is 5.83. The van der Waals surface area contributed by atoms with Gasteiger partial charge in [-0.15, -0.1) is 0 Å². The molecule has 0 aliphatic heterocycles. The van der Waals surface area contributed by atoms with Gasteiger partial charge in [-0.1, -0.05) is 0 Å². The number of anilines is 2. The Labute approximate surface area is 146 Å². The number of hydrogen-bond donors (Lipinski definition) is 2. The second-order valence-electron chi connectivity index (χ2n) is 5.03. The molecule has 2 N–H and O–H groups in total. The molecule has 0 aliphatic carbocycles. The lowest BCUT2D eigenvalue weighted by Crippen LogP contribution is -2.22. The first-order valence-corrected chi connectivity index (χ1v) is 7.59. The summed E-state index contributed by atoms with van der Waals surface area (Å²) in [4.78, 5) is 12.3. The Morgan fingerprint density at radius 1 is 0.800 bits per heavy atom. The van der Waals surface area contributed by atoms with Crippen molar-refractivity contribution >= 4 is 17.3 Å². The van der Waals surface area contributed by atoms with Crippen molar-refractivity contribution in [2.75, 3.05) is 45.6 Å². The molecule has 0 unspecified atom stereocenters. The molecule has 1 amide bonds. The zero-order valence-corrected chi connectivity index (χ0v) is 14.7. The molecule has 7 heteroatoms. The molecule has 0 aromatic heterocycles. The number of nitrogens with one attached hydrogen (secondary N) is 2. The molecule has 0 fully saturated rings. The molecular weight excluding hydrogens is 324 g/mol. The van der Waals surface area contributed by atoms with Crippen LogP contribution in [0, 0.1) is 0 Å². The molecule has 0 spiro atoms. The minimum Gasteiger partial charge on any atom is -0.497 e. The normalized spacial score (nSPS) is 9.92. The average Bonchev–Trinajstić information content (AvgIpc) is 2.65. The Kier molecular flexibility index (Phi) is 6.33. The Bertz CT molecular complexity index is 733. The summed E-state index contributed by atoms with van der Waals surface area (Å²) in [6.07, 6.45) is 0. The van der Waals surface area contributed by atoms with Crippen LogP contribution in [0.4, 0.5) is 11.4 Å².